The van der Waals surface area contributed by atoms with Gasteiger partial charge < -0.3 is 5.73 Å². The van der Waals surface area contributed by atoms with Crippen LogP contribution in [0.5, 0.6) is 0 Å². The second-order valence-electron chi connectivity index (χ2n) is 4.92. The number of benzene rings is 1. The van der Waals surface area contributed by atoms with Gasteiger partial charge in [-0.1, -0.05) is 47.4 Å². The Hall–Kier alpha value is -0.0500. The lowest BCUT2D eigenvalue weighted by molar-refractivity contribution is 0.0706. The highest BCUT2D eigenvalue weighted by molar-refractivity contribution is 9.10. The Morgan fingerprint density at radius 1 is 1.56 bits per heavy atom. The zero-order chi connectivity index (χ0) is 11.9. The fourth-order valence-electron chi connectivity index (χ4n) is 2.67. The van der Waals surface area contributed by atoms with E-state index >= 15 is 0 Å². The van der Waals surface area contributed by atoms with E-state index in [1.54, 1.807) is 0 Å². The maximum Gasteiger partial charge on any atom is 0.0452 e. The molecule has 2 rings (SSSR count). The first-order chi connectivity index (χ1) is 7.49. The third-order valence-electron chi connectivity index (χ3n) is 4.23. The minimum atomic E-state index is 0.206. The topological polar surface area (TPSA) is 26.0 Å². The maximum absolute atomic E-state index is 6.30. The summed E-state index contributed by atoms with van der Waals surface area (Å²) in [6, 6.07) is 6.46. The van der Waals surface area contributed by atoms with Crippen molar-refractivity contribution in [2.75, 3.05) is 0 Å². The summed E-state index contributed by atoms with van der Waals surface area (Å²) in [5.74, 6) is 0.507. The average molecular weight is 303 g/mol. The second kappa shape index (κ2) is 4.32. The molecule has 1 aliphatic carbocycles. The average Bonchev–Trinajstić information content (AvgIpc) is 2.26. The normalized spacial score (nSPS) is 33.6. The Morgan fingerprint density at radius 2 is 2.25 bits per heavy atom. The molecule has 0 radical (unpaired) electrons. The molecule has 3 atom stereocenters. The first-order valence-corrected chi connectivity index (χ1v) is 6.86. The van der Waals surface area contributed by atoms with Crippen molar-refractivity contribution in [1.82, 2.24) is 0 Å². The van der Waals surface area contributed by atoms with Crippen molar-refractivity contribution in [3.8, 4) is 0 Å². The largest absolute Gasteiger partial charge is 0.327 e. The number of halogens is 2. The van der Waals surface area contributed by atoms with Gasteiger partial charge in [0.2, 0.25) is 0 Å². The van der Waals surface area contributed by atoms with Crippen LogP contribution in [0, 0.1) is 5.41 Å². The van der Waals surface area contributed by atoms with Crippen molar-refractivity contribution in [1.29, 1.82) is 0 Å². The van der Waals surface area contributed by atoms with E-state index in [2.05, 4.69) is 41.9 Å². The minimum absolute atomic E-state index is 0.206. The van der Waals surface area contributed by atoms with Gasteiger partial charge in [-0.05, 0) is 41.9 Å². The van der Waals surface area contributed by atoms with E-state index in [0.29, 0.717) is 12.0 Å². The van der Waals surface area contributed by atoms with Crippen LogP contribution in [0.2, 0.25) is 5.02 Å². The lowest BCUT2D eigenvalue weighted by atomic mass is 9.54. The lowest BCUT2D eigenvalue weighted by Gasteiger charge is -2.53. The summed E-state index contributed by atoms with van der Waals surface area (Å²) in [4.78, 5) is 0. The van der Waals surface area contributed by atoms with Crippen molar-refractivity contribution in [2.45, 2.75) is 38.6 Å². The highest BCUT2D eigenvalue weighted by Gasteiger charge is 2.49. The number of nitrogens with two attached hydrogens (primary N) is 1. The van der Waals surface area contributed by atoms with Gasteiger partial charge in [0.1, 0.15) is 0 Å². The quantitative estimate of drug-likeness (QED) is 0.864. The number of hydrogen-bond acceptors (Lipinski definition) is 1. The van der Waals surface area contributed by atoms with Gasteiger partial charge in [-0.25, -0.2) is 0 Å². The highest BCUT2D eigenvalue weighted by Crippen LogP contribution is 2.55. The molecule has 3 unspecified atom stereocenters. The third kappa shape index (κ3) is 1.81. The molecule has 0 bridgehead atoms. The Balaban J connectivity index is 2.33. The molecule has 0 spiro atoms. The fourth-order valence-corrected chi connectivity index (χ4v) is 3.47. The predicted octanol–water partition coefficient (Wildman–Crippen LogP) is 4.33. The molecule has 1 aromatic carbocycles. The van der Waals surface area contributed by atoms with Crippen molar-refractivity contribution >= 4 is 27.5 Å². The Bertz CT molecular complexity index is 407. The molecule has 1 aromatic rings. The van der Waals surface area contributed by atoms with Crippen LogP contribution in [0.15, 0.2) is 22.7 Å². The van der Waals surface area contributed by atoms with Gasteiger partial charge in [0, 0.05) is 15.5 Å². The minimum Gasteiger partial charge on any atom is -0.327 e. The maximum atomic E-state index is 6.30. The van der Waals surface area contributed by atoms with E-state index in [1.807, 2.05) is 6.07 Å². The molecule has 0 aliphatic heterocycles. The molecule has 2 N–H and O–H groups in total. The van der Waals surface area contributed by atoms with Crippen molar-refractivity contribution in [3.05, 3.63) is 33.3 Å². The van der Waals surface area contributed by atoms with Gasteiger partial charge >= 0.3 is 0 Å². The molecular formula is C13H17BrClN. The number of hydrogen-bond donors (Lipinski definition) is 1. The molecule has 1 saturated carbocycles. The smallest absolute Gasteiger partial charge is 0.0452 e. The van der Waals surface area contributed by atoms with Crippen molar-refractivity contribution < 1.29 is 0 Å². The SMILES string of the molecule is CCC1(C)C(N)CC1c1ccc(Br)cc1Cl. The second-order valence-corrected chi connectivity index (χ2v) is 6.24. The molecule has 0 heterocycles. The third-order valence-corrected chi connectivity index (χ3v) is 5.05. The molecule has 1 fully saturated rings. The van der Waals surface area contributed by atoms with Crippen LogP contribution < -0.4 is 5.73 Å². The van der Waals surface area contributed by atoms with Crippen molar-refractivity contribution in [2.24, 2.45) is 11.1 Å². The molecule has 0 aromatic heterocycles. The molecule has 1 aliphatic rings. The number of rotatable bonds is 2. The molecule has 1 nitrogen and oxygen atoms in total. The fraction of sp³-hybridized carbons (Fsp3) is 0.538. The summed E-state index contributed by atoms with van der Waals surface area (Å²) in [5.41, 5.74) is 7.57. The molecule has 0 saturated heterocycles. The highest BCUT2D eigenvalue weighted by atomic mass is 79.9. The van der Waals surface area contributed by atoms with E-state index in [0.717, 1.165) is 22.3 Å². The first-order valence-electron chi connectivity index (χ1n) is 5.69. The van der Waals surface area contributed by atoms with E-state index in [-0.39, 0.29) is 5.41 Å². The summed E-state index contributed by atoms with van der Waals surface area (Å²) in [6.07, 6.45) is 2.15. The first kappa shape index (κ1) is 12.4. The van der Waals surface area contributed by atoms with Gasteiger partial charge in [0.15, 0.2) is 0 Å². The summed E-state index contributed by atoms with van der Waals surface area (Å²) >= 11 is 9.73. The van der Waals surface area contributed by atoms with Crippen LogP contribution in [-0.4, -0.2) is 6.04 Å². The zero-order valence-electron chi connectivity index (χ0n) is 9.63. The van der Waals surface area contributed by atoms with Gasteiger partial charge in [-0.2, -0.15) is 0 Å². The molecular weight excluding hydrogens is 286 g/mol. The summed E-state index contributed by atoms with van der Waals surface area (Å²) in [5, 5.41) is 0.853. The molecule has 16 heavy (non-hydrogen) atoms. The van der Waals surface area contributed by atoms with Gasteiger partial charge in [-0.15, -0.1) is 0 Å². The van der Waals surface area contributed by atoms with Crippen LogP contribution in [0.25, 0.3) is 0 Å². The van der Waals surface area contributed by atoms with Gasteiger partial charge in [0.05, 0.1) is 0 Å². The molecule has 88 valence electrons. The van der Waals surface area contributed by atoms with Gasteiger partial charge in [-0.3, -0.25) is 0 Å². The summed E-state index contributed by atoms with van der Waals surface area (Å²) in [6.45, 7) is 4.48. The summed E-state index contributed by atoms with van der Waals surface area (Å²) < 4.78 is 1.03. The molecule has 3 heteroatoms. The predicted molar refractivity (Wildman–Crippen MR) is 72.9 cm³/mol. The van der Waals surface area contributed by atoms with Gasteiger partial charge in [0.25, 0.3) is 0 Å². The van der Waals surface area contributed by atoms with E-state index in [1.165, 1.54) is 5.56 Å². The van der Waals surface area contributed by atoms with Crippen LogP contribution >= 0.6 is 27.5 Å². The zero-order valence-corrected chi connectivity index (χ0v) is 12.0. The Morgan fingerprint density at radius 3 is 2.75 bits per heavy atom. The van der Waals surface area contributed by atoms with E-state index in [9.17, 15) is 0 Å². The standard InChI is InChI=1S/C13H17BrClN/c1-3-13(2)10(7-12(13)16)9-5-4-8(14)6-11(9)15/h4-6,10,12H,3,7,16H2,1-2H3. The Kier molecular flexibility index (Phi) is 3.35. The van der Waals surface area contributed by atoms with Crippen LogP contribution in [0.4, 0.5) is 0 Å². The monoisotopic (exact) mass is 301 g/mol. The lowest BCUT2D eigenvalue weighted by Crippen LogP contribution is -2.54. The van der Waals surface area contributed by atoms with E-state index in [4.69, 9.17) is 17.3 Å². The van der Waals surface area contributed by atoms with E-state index < -0.39 is 0 Å². The van der Waals surface area contributed by atoms with Crippen LogP contribution in [0.3, 0.4) is 0 Å². The van der Waals surface area contributed by atoms with Crippen LogP contribution in [0.1, 0.15) is 38.2 Å². The molecule has 0 amide bonds. The summed E-state index contributed by atoms with van der Waals surface area (Å²) in [7, 11) is 0. The van der Waals surface area contributed by atoms with Crippen LogP contribution in [-0.2, 0) is 0 Å². The van der Waals surface area contributed by atoms with Crippen molar-refractivity contribution in [3.63, 3.8) is 0 Å². The Labute approximate surface area is 110 Å².